The molecule has 0 aliphatic heterocycles. The van der Waals surface area contributed by atoms with Crippen molar-refractivity contribution in [2.75, 3.05) is 0 Å². The van der Waals surface area contributed by atoms with E-state index in [-0.39, 0.29) is 11.9 Å². The molecule has 0 spiro atoms. The number of hydrogen-bond donors (Lipinski definition) is 1. The smallest absolute Gasteiger partial charge is 0.138 e. The van der Waals surface area contributed by atoms with E-state index in [2.05, 4.69) is 9.97 Å². The first-order valence-corrected chi connectivity index (χ1v) is 7.20. The molecule has 0 radical (unpaired) electrons. The fraction of sp³-hybridized carbons (Fsp3) is 0.167. The zero-order chi connectivity index (χ0) is 15.5. The molecule has 0 saturated carbocycles. The van der Waals surface area contributed by atoms with Gasteiger partial charge in [0.15, 0.2) is 0 Å². The number of aromatic nitrogens is 2. The number of halogens is 1. The molecule has 22 heavy (non-hydrogen) atoms. The molecule has 1 heterocycles. The number of imidazole rings is 1. The maximum Gasteiger partial charge on any atom is 0.138 e. The minimum absolute atomic E-state index is 0.0983. The summed E-state index contributed by atoms with van der Waals surface area (Å²) in [7, 11) is 0. The van der Waals surface area contributed by atoms with Gasteiger partial charge in [-0.2, -0.15) is 0 Å². The lowest BCUT2D eigenvalue weighted by molar-refractivity contribution is 0.242. The molecule has 1 N–H and O–H groups in total. The Morgan fingerprint density at radius 3 is 2.45 bits per heavy atom. The number of hydrogen-bond acceptors (Lipinski definition) is 2. The highest BCUT2D eigenvalue weighted by Crippen LogP contribution is 2.33. The minimum atomic E-state index is -0.247. The van der Waals surface area contributed by atoms with Crippen molar-refractivity contribution >= 4 is 0 Å². The molecule has 2 aromatic carbocycles. The van der Waals surface area contributed by atoms with E-state index in [9.17, 15) is 4.39 Å². The summed E-state index contributed by atoms with van der Waals surface area (Å²) in [4.78, 5) is 7.44. The summed E-state index contributed by atoms with van der Waals surface area (Å²) in [5, 5.41) is 0. The number of aromatic amines is 1. The van der Waals surface area contributed by atoms with E-state index in [1.54, 1.807) is 24.5 Å². The van der Waals surface area contributed by atoms with E-state index < -0.39 is 0 Å². The van der Waals surface area contributed by atoms with E-state index in [0.717, 1.165) is 28.3 Å². The van der Waals surface area contributed by atoms with Crippen molar-refractivity contribution in [2.45, 2.75) is 20.0 Å². The van der Waals surface area contributed by atoms with Gasteiger partial charge in [0.05, 0.1) is 6.10 Å². The standard InChI is InChI=1S/C18H17FN2O/c1-12(2)22-15-7-8-16(13-3-5-14(19)6-4-13)17(11-15)18-20-9-10-21-18/h3-12H,1-2H3,(H,20,21). The van der Waals surface area contributed by atoms with Gasteiger partial charge in [-0.15, -0.1) is 0 Å². The number of H-pyrrole nitrogens is 1. The molecular formula is C18H17FN2O. The largest absolute Gasteiger partial charge is 0.491 e. The van der Waals surface area contributed by atoms with Crippen molar-refractivity contribution in [3.63, 3.8) is 0 Å². The molecule has 0 fully saturated rings. The van der Waals surface area contributed by atoms with Gasteiger partial charge in [-0.05, 0) is 55.3 Å². The van der Waals surface area contributed by atoms with Gasteiger partial charge >= 0.3 is 0 Å². The Bertz CT molecular complexity index is 749. The Balaban J connectivity index is 2.11. The molecule has 112 valence electrons. The molecule has 0 unspecified atom stereocenters. The van der Waals surface area contributed by atoms with Crippen LogP contribution in [0.15, 0.2) is 54.9 Å². The molecule has 3 nitrogen and oxygen atoms in total. The van der Waals surface area contributed by atoms with Crippen molar-refractivity contribution < 1.29 is 9.13 Å². The van der Waals surface area contributed by atoms with Crippen LogP contribution >= 0.6 is 0 Å². The SMILES string of the molecule is CC(C)Oc1ccc(-c2ccc(F)cc2)c(-c2ncc[nH]2)c1. The van der Waals surface area contributed by atoms with Gasteiger partial charge in [-0.25, -0.2) is 9.37 Å². The van der Waals surface area contributed by atoms with Gasteiger partial charge in [0, 0.05) is 18.0 Å². The molecule has 0 aliphatic rings. The van der Waals surface area contributed by atoms with Crippen LogP contribution in [0.4, 0.5) is 4.39 Å². The van der Waals surface area contributed by atoms with Crippen molar-refractivity contribution in [1.82, 2.24) is 9.97 Å². The normalized spacial score (nSPS) is 10.9. The average molecular weight is 296 g/mol. The number of nitrogens with one attached hydrogen (secondary N) is 1. The van der Waals surface area contributed by atoms with Crippen LogP contribution in [0.25, 0.3) is 22.5 Å². The molecule has 0 saturated heterocycles. The Kier molecular flexibility index (Phi) is 3.92. The monoisotopic (exact) mass is 296 g/mol. The number of nitrogens with zero attached hydrogens (tertiary/aromatic N) is 1. The summed E-state index contributed by atoms with van der Waals surface area (Å²) >= 11 is 0. The van der Waals surface area contributed by atoms with Crippen LogP contribution in [-0.2, 0) is 0 Å². The maximum absolute atomic E-state index is 13.1. The molecule has 3 aromatic rings. The minimum Gasteiger partial charge on any atom is -0.491 e. The predicted octanol–water partition coefficient (Wildman–Crippen LogP) is 4.67. The maximum atomic E-state index is 13.1. The van der Waals surface area contributed by atoms with Crippen LogP contribution in [0.2, 0.25) is 0 Å². The number of ether oxygens (including phenoxy) is 1. The highest BCUT2D eigenvalue weighted by molar-refractivity contribution is 5.81. The zero-order valence-corrected chi connectivity index (χ0v) is 12.5. The van der Waals surface area contributed by atoms with Gasteiger partial charge in [0.2, 0.25) is 0 Å². The molecule has 0 atom stereocenters. The van der Waals surface area contributed by atoms with Gasteiger partial charge < -0.3 is 9.72 Å². The summed E-state index contributed by atoms with van der Waals surface area (Å²) < 4.78 is 18.9. The van der Waals surface area contributed by atoms with E-state index >= 15 is 0 Å². The van der Waals surface area contributed by atoms with Crippen LogP contribution < -0.4 is 4.74 Å². The first-order valence-electron chi connectivity index (χ1n) is 7.20. The highest BCUT2D eigenvalue weighted by atomic mass is 19.1. The molecular weight excluding hydrogens is 279 g/mol. The Labute approximate surface area is 128 Å². The number of benzene rings is 2. The number of rotatable bonds is 4. The molecule has 0 amide bonds. The van der Waals surface area contributed by atoms with Crippen LogP contribution in [0, 0.1) is 5.82 Å². The van der Waals surface area contributed by atoms with E-state index in [0.29, 0.717) is 0 Å². The van der Waals surface area contributed by atoms with Gasteiger partial charge in [0.1, 0.15) is 17.4 Å². The third-order valence-corrected chi connectivity index (χ3v) is 3.27. The van der Waals surface area contributed by atoms with Crippen molar-refractivity contribution in [3.8, 4) is 28.3 Å². The predicted molar refractivity (Wildman–Crippen MR) is 85.2 cm³/mol. The third kappa shape index (κ3) is 3.01. The molecule has 0 bridgehead atoms. The quantitative estimate of drug-likeness (QED) is 0.759. The molecule has 4 heteroatoms. The van der Waals surface area contributed by atoms with Crippen LogP contribution in [0.5, 0.6) is 5.75 Å². The summed E-state index contributed by atoms with van der Waals surface area (Å²) in [6.45, 7) is 3.97. The summed E-state index contributed by atoms with van der Waals surface area (Å²) in [5.74, 6) is 1.30. The lowest BCUT2D eigenvalue weighted by Gasteiger charge is -2.14. The van der Waals surface area contributed by atoms with Crippen LogP contribution in [0.1, 0.15) is 13.8 Å². The van der Waals surface area contributed by atoms with Crippen molar-refractivity contribution in [2.24, 2.45) is 0 Å². The second-order valence-corrected chi connectivity index (χ2v) is 5.32. The van der Waals surface area contributed by atoms with Crippen molar-refractivity contribution in [3.05, 3.63) is 60.7 Å². The highest BCUT2D eigenvalue weighted by Gasteiger charge is 2.12. The van der Waals surface area contributed by atoms with Gasteiger partial charge in [-0.1, -0.05) is 12.1 Å². The van der Waals surface area contributed by atoms with Crippen LogP contribution in [0.3, 0.4) is 0 Å². The van der Waals surface area contributed by atoms with Gasteiger partial charge in [0.25, 0.3) is 0 Å². The summed E-state index contributed by atoms with van der Waals surface area (Å²) in [6.07, 6.45) is 3.58. The fourth-order valence-corrected chi connectivity index (χ4v) is 2.36. The van der Waals surface area contributed by atoms with E-state index in [1.165, 1.54) is 12.1 Å². The van der Waals surface area contributed by atoms with Gasteiger partial charge in [-0.3, -0.25) is 0 Å². The summed E-state index contributed by atoms with van der Waals surface area (Å²) in [5.41, 5.74) is 2.84. The summed E-state index contributed by atoms with van der Waals surface area (Å²) in [6, 6.07) is 12.3. The Hall–Kier alpha value is -2.62. The zero-order valence-electron chi connectivity index (χ0n) is 12.5. The second kappa shape index (κ2) is 6.02. The lowest BCUT2D eigenvalue weighted by Crippen LogP contribution is -2.05. The third-order valence-electron chi connectivity index (χ3n) is 3.27. The molecule has 0 aliphatic carbocycles. The lowest BCUT2D eigenvalue weighted by atomic mass is 9.99. The first kappa shape index (κ1) is 14.3. The molecule has 1 aromatic heterocycles. The topological polar surface area (TPSA) is 37.9 Å². The van der Waals surface area contributed by atoms with E-state index in [4.69, 9.17) is 4.74 Å². The molecule has 3 rings (SSSR count). The first-order chi connectivity index (χ1) is 10.6. The fourth-order valence-electron chi connectivity index (χ4n) is 2.36. The van der Waals surface area contributed by atoms with Crippen molar-refractivity contribution in [1.29, 1.82) is 0 Å². The second-order valence-electron chi connectivity index (χ2n) is 5.32. The van der Waals surface area contributed by atoms with Crippen LogP contribution in [-0.4, -0.2) is 16.1 Å². The Morgan fingerprint density at radius 1 is 1.05 bits per heavy atom. The van der Waals surface area contributed by atoms with E-state index in [1.807, 2.05) is 32.0 Å². The Morgan fingerprint density at radius 2 is 1.82 bits per heavy atom. The average Bonchev–Trinajstić information content (AvgIpc) is 3.02.